The molecule has 4 aromatic carbocycles. The lowest BCUT2D eigenvalue weighted by molar-refractivity contribution is 0.176. The molecule has 1 N–H and O–H groups in total. The standard InChI is InChI=1S/C30H26N4O/c1-22-13-17-24(18-14-22)28-21-33(27-19-15-23(2)16-20-27)30(34(28)35)32-29(25-9-5-3-6-10-25)31-26-11-7-4-8-12-26/h3-21,35H,1-2H3. The fraction of sp³-hybridized carbons (Fsp3) is 0.0667. The second kappa shape index (κ2) is 9.69. The summed E-state index contributed by atoms with van der Waals surface area (Å²) in [6, 6.07) is 35.7. The number of aryl methyl sites for hydroxylation is 2. The van der Waals surface area contributed by atoms with Gasteiger partial charge in [-0.05, 0) is 38.1 Å². The second-order valence-electron chi connectivity index (χ2n) is 8.45. The Hall–Kier alpha value is -4.64. The lowest BCUT2D eigenvalue weighted by Gasteiger charge is -2.06. The first kappa shape index (κ1) is 22.2. The van der Waals surface area contributed by atoms with Crippen molar-refractivity contribution in [1.29, 1.82) is 0 Å². The molecule has 0 unspecified atom stereocenters. The summed E-state index contributed by atoms with van der Waals surface area (Å²) in [6.45, 7) is 4.09. The molecule has 0 radical (unpaired) electrons. The Bertz CT molecular complexity index is 1530. The Morgan fingerprint density at radius 2 is 1.26 bits per heavy atom. The van der Waals surface area contributed by atoms with Crippen molar-refractivity contribution >= 4 is 11.5 Å². The van der Waals surface area contributed by atoms with Crippen LogP contribution in [0.3, 0.4) is 0 Å². The maximum Gasteiger partial charge on any atom is 0.250 e. The van der Waals surface area contributed by atoms with E-state index in [9.17, 15) is 5.21 Å². The van der Waals surface area contributed by atoms with Crippen molar-refractivity contribution in [3.8, 4) is 16.9 Å². The molecule has 0 saturated heterocycles. The van der Waals surface area contributed by atoms with Crippen molar-refractivity contribution in [3.05, 3.63) is 138 Å². The highest BCUT2D eigenvalue weighted by molar-refractivity contribution is 6.00. The molecule has 0 bridgehead atoms. The van der Waals surface area contributed by atoms with Gasteiger partial charge in [-0.1, -0.05) is 96.1 Å². The van der Waals surface area contributed by atoms with E-state index in [-0.39, 0.29) is 0 Å². The third kappa shape index (κ3) is 4.84. The van der Waals surface area contributed by atoms with Crippen LogP contribution in [0.4, 0.5) is 5.69 Å². The quantitative estimate of drug-likeness (QED) is 0.187. The van der Waals surface area contributed by atoms with E-state index in [4.69, 9.17) is 9.98 Å². The first-order chi connectivity index (χ1) is 17.1. The topological polar surface area (TPSA) is 54.8 Å². The van der Waals surface area contributed by atoms with Crippen LogP contribution in [0.1, 0.15) is 16.7 Å². The van der Waals surface area contributed by atoms with Gasteiger partial charge < -0.3 is 5.21 Å². The second-order valence-corrected chi connectivity index (χ2v) is 8.45. The molecule has 0 amide bonds. The zero-order valence-corrected chi connectivity index (χ0v) is 19.7. The number of hydrogen-bond donors (Lipinski definition) is 1. The summed E-state index contributed by atoms with van der Waals surface area (Å²) in [5.74, 6) is 0.501. The Balaban J connectivity index is 1.77. The smallest absolute Gasteiger partial charge is 0.250 e. The Labute approximate surface area is 204 Å². The average molecular weight is 459 g/mol. The van der Waals surface area contributed by atoms with Gasteiger partial charge in [0.15, 0.2) is 5.84 Å². The number of benzene rings is 4. The van der Waals surface area contributed by atoms with E-state index in [1.807, 2.05) is 127 Å². The van der Waals surface area contributed by atoms with Crippen LogP contribution in [0.25, 0.3) is 16.9 Å². The summed E-state index contributed by atoms with van der Waals surface area (Å²) >= 11 is 0. The first-order valence-electron chi connectivity index (χ1n) is 11.5. The molecule has 0 saturated carbocycles. The van der Waals surface area contributed by atoms with Gasteiger partial charge >= 0.3 is 0 Å². The highest BCUT2D eigenvalue weighted by atomic mass is 16.5. The molecule has 0 atom stereocenters. The van der Waals surface area contributed by atoms with E-state index < -0.39 is 0 Å². The number of nitrogens with zero attached hydrogens (tertiary/aromatic N) is 4. The predicted octanol–water partition coefficient (Wildman–Crippen LogP) is 6.48. The molecule has 0 aliphatic rings. The maximum absolute atomic E-state index is 11.4. The van der Waals surface area contributed by atoms with Crippen molar-refractivity contribution in [2.75, 3.05) is 0 Å². The molecule has 172 valence electrons. The number of aromatic nitrogens is 2. The monoisotopic (exact) mass is 458 g/mol. The summed E-state index contributed by atoms with van der Waals surface area (Å²) in [4.78, 5) is 9.73. The van der Waals surface area contributed by atoms with Crippen LogP contribution in [0.5, 0.6) is 0 Å². The lowest BCUT2D eigenvalue weighted by atomic mass is 10.1. The van der Waals surface area contributed by atoms with E-state index in [1.165, 1.54) is 0 Å². The SMILES string of the molecule is Cc1ccc(-c2cn(-c3ccc(C)cc3)c(=NC(=Nc3ccccc3)c3ccccc3)n2O)cc1. The minimum absolute atomic E-state index is 0.350. The van der Waals surface area contributed by atoms with E-state index in [1.54, 1.807) is 0 Å². The van der Waals surface area contributed by atoms with Gasteiger partial charge in [0.25, 0.3) is 5.62 Å². The minimum atomic E-state index is 0.350. The van der Waals surface area contributed by atoms with Crippen LogP contribution in [0, 0.1) is 13.8 Å². The normalized spacial score (nSPS) is 12.2. The number of amidine groups is 1. The van der Waals surface area contributed by atoms with Gasteiger partial charge in [-0.3, -0.25) is 4.57 Å². The fourth-order valence-electron chi connectivity index (χ4n) is 3.82. The number of imidazole rings is 1. The highest BCUT2D eigenvalue weighted by Gasteiger charge is 2.14. The summed E-state index contributed by atoms with van der Waals surface area (Å²) in [5, 5.41) is 11.4. The number of aliphatic imine (C=N–C) groups is 1. The molecule has 35 heavy (non-hydrogen) atoms. The summed E-state index contributed by atoms with van der Waals surface area (Å²) in [5.41, 5.74) is 6.72. The van der Waals surface area contributed by atoms with Gasteiger partial charge in [0, 0.05) is 23.0 Å². The third-order valence-electron chi connectivity index (χ3n) is 5.77. The lowest BCUT2D eigenvalue weighted by Crippen LogP contribution is -2.26. The molecule has 0 aliphatic carbocycles. The van der Waals surface area contributed by atoms with E-state index in [0.717, 1.165) is 38.4 Å². The Kier molecular flexibility index (Phi) is 6.14. The fourth-order valence-corrected chi connectivity index (χ4v) is 3.82. The van der Waals surface area contributed by atoms with Crippen LogP contribution < -0.4 is 5.62 Å². The van der Waals surface area contributed by atoms with Crippen molar-refractivity contribution in [3.63, 3.8) is 0 Å². The van der Waals surface area contributed by atoms with Crippen LogP contribution in [0.2, 0.25) is 0 Å². The van der Waals surface area contributed by atoms with E-state index >= 15 is 0 Å². The largest absolute Gasteiger partial charge is 0.425 e. The molecule has 5 rings (SSSR count). The molecule has 0 fully saturated rings. The molecule has 1 aromatic heterocycles. The van der Waals surface area contributed by atoms with Gasteiger partial charge in [0.2, 0.25) is 0 Å². The van der Waals surface area contributed by atoms with E-state index in [2.05, 4.69) is 6.92 Å². The zero-order valence-electron chi connectivity index (χ0n) is 19.7. The summed E-state index contributed by atoms with van der Waals surface area (Å²) in [7, 11) is 0. The minimum Gasteiger partial charge on any atom is -0.425 e. The van der Waals surface area contributed by atoms with Crippen LogP contribution in [0.15, 0.2) is 125 Å². The predicted molar refractivity (Wildman–Crippen MR) is 140 cm³/mol. The molecular weight excluding hydrogens is 432 g/mol. The van der Waals surface area contributed by atoms with Crippen LogP contribution in [-0.4, -0.2) is 20.3 Å². The first-order valence-corrected chi connectivity index (χ1v) is 11.5. The van der Waals surface area contributed by atoms with Crippen LogP contribution in [-0.2, 0) is 0 Å². The van der Waals surface area contributed by atoms with Gasteiger partial charge in [-0.25, -0.2) is 4.99 Å². The van der Waals surface area contributed by atoms with Gasteiger partial charge in [0.05, 0.1) is 5.69 Å². The van der Waals surface area contributed by atoms with Crippen molar-refractivity contribution in [1.82, 2.24) is 9.30 Å². The zero-order chi connectivity index (χ0) is 24.2. The van der Waals surface area contributed by atoms with Gasteiger partial charge in [-0.2, -0.15) is 4.99 Å². The number of para-hydroxylation sites is 1. The maximum atomic E-state index is 11.4. The molecule has 1 heterocycles. The number of rotatable bonds is 4. The molecule has 5 heteroatoms. The van der Waals surface area contributed by atoms with Crippen LogP contribution >= 0.6 is 0 Å². The molecule has 5 nitrogen and oxygen atoms in total. The molecular formula is C30H26N4O. The van der Waals surface area contributed by atoms with Crippen molar-refractivity contribution in [2.45, 2.75) is 13.8 Å². The third-order valence-corrected chi connectivity index (χ3v) is 5.77. The van der Waals surface area contributed by atoms with Gasteiger partial charge in [-0.15, -0.1) is 4.73 Å². The average Bonchev–Trinajstić information content (AvgIpc) is 3.21. The highest BCUT2D eigenvalue weighted by Crippen LogP contribution is 2.21. The Morgan fingerprint density at radius 1 is 0.686 bits per heavy atom. The van der Waals surface area contributed by atoms with Crippen molar-refractivity contribution in [2.24, 2.45) is 9.98 Å². The molecule has 0 spiro atoms. The number of hydrogen-bond acceptors (Lipinski definition) is 2. The van der Waals surface area contributed by atoms with E-state index in [0.29, 0.717) is 17.1 Å². The summed E-state index contributed by atoms with van der Waals surface area (Å²) in [6.07, 6.45) is 1.90. The van der Waals surface area contributed by atoms with Gasteiger partial charge in [0.1, 0.15) is 5.69 Å². The Morgan fingerprint density at radius 3 is 1.89 bits per heavy atom. The summed E-state index contributed by atoms with van der Waals surface area (Å²) < 4.78 is 3.02. The molecule has 5 aromatic rings. The van der Waals surface area contributed by atoms with Crippen molar-refractivity contribution < 1.29 is 5.21 Å². The molecule has 0 aliphatic heterocycles.